The number of hydrogen-bond acceptors (Lipinski definition) is 4. The van der Waals surface area contributed by atoms with Crippen LogP contribution >= 0.6 is 35.6 Å². The number of carbonyl (C=O) groups excluding carboxylic acids is 1. The van der Waals surface area contributed by atoms with Gasteiger partial charge in [-0.3, -0.25) is 0 Å². The molecule has 2 N–H and O–H groups in total. The molecule has 7 heteroatoms. The Bertz CT molecular complexity index is 782. The van der Waals surface area contributed by atoms with Gasteiger partial charge in [0.1, 0.15) is 0 Å². The summed E-state index contributed by atoms with van der Waals surface area (Å²) < 4.78 is 5.00. The van der Waals surface area contributed by atoms with Crippen molar-refractivity contribution in [1.82, 2.24) is 5.32 Å². The second-order valence-electron chi connectivity index (χ2n) is 5.81. The molecule has 0 heterocycles. The van der Waals surface area contributed by atoms with Gasteiger partial charge in [0.05, 0.1) is 17.2 Å². The molecule has 4 nitrogen and oxygen atoms in total. The molecule has 27 heavy (non-hydrogen) atoms. The molecule has 0 bridgehead atoms. The molecule has 0 aliphatic rings. The summed E-state index contributed by atoms with van der Waals surface area (Å²) in [5.41, 5.74) is 2.28. The summed E-state index contributed by atoms with van der Waals surface area (Å²) in [6, 6.07) is 13.6. The first-order valence-corrected chi connectivity index (χ1v) is 10.5. The van der Waals surface area contributed by atoms with Crippen molar-refractivity contribution in [1.29, 1.82) is 0 Å². The molecule has 0 aromatic heterocycles. The van der Waals surface area contributed by atoms with E-state index in [1.807, 2.05) is 11.8 Å². The minimum absolute atomic E-state index is 0.299. The number of rotatable bonds is 8. The van der Waals surface area contributed by atoms with Gasteiger partial charge in [-0.05, 0) is 68.6 Å². The van der Waals surface area contributed by atoms with Crippen molar-refractivity contribution in [2.45, 2.75) is 25.2 Å². The normalized spacial score (nSPS) is 10.3. The molecule has 0 radical (unpaired) electrons. The zero-order valence-electron chi connectivity index (χ0n) is 15.4. The summed E-state index contributed by atoms with van der Waals surface area (Å²) in [5.74, 6) is 0.560. The Morgan fingerprint density at radius 2 is 1.96 bits per heavy atom. The van der Waals surface area contributed by atoms with E-state index >= 15 is 0 Å². The molecule has 0 aliphatic carbocycles. The van der Waals surface area contributed by atoms with E-state index in [1.54, 1.807) is 25.1 Å². The van der Waals surface area contributed by atoms with Crippen molar-refractivity contribution < 1.29 is 9.53 Å². The topological polar surface area (TPSA) is 50.4 Å². The molecule has 2 aromatic carbocycles. The third-order valence-electron chi connectivity index (χ3n) is 3.62. The molecule has 0 unspecified atom stereocenters. The first kappa shape index (κ1) is 21.5. The SMILES string of the molecule is CCOC(=O)c1cc(NC(=S)NCCCSc2ccc(C)cc2)ccc1Cl. The van der Waals surface area contributed by atoms with Crippen molar-refractivity contribution in [3.05, 3.63) is 58.6 Å². The lowest BCUT2D eigenvalue weighted by Gasteiger charge is -2.12. The van der Waals surface area contributed by atoms with Crippen LogP contribution < -0.4 is 10.6 Å². The van der Waals surface area contributed by atoms with Crippen LogP contribution in [0.4, 0.5) is 5.69 Å². The van der Waals surface area contributed by atoms with Crippen LogP contribution in [0.5, 0.6) is 0 Å². The van der Waals surface area contributed by atoms with Crippen LogP contribution in [0.25, 0.3) is 0 Å². The van der Waals surface area contributed by atoms with Crippen LogP contribution in [-0.2, 0) is 4.74 Å². The van der Waals surface area contributed by atoms with Gasteiger partial charge in [-0.15, -0.1) is 11.8 Å². The maximum atomic E-state index is 11.9. The average molecular weight is 423 g/mol. The van der Waals surface area contributed by atoms with Crippen molar-refractivity contribution in [2.75, 3.05) is 24.2 Å². The van der Waals surface area contributed by atoms with E-state index in [4.69, 9.17) is 28.6 Å². The summed E-state index contributed by atoms with van der Waals surface area (Å²) in [6.07, 6.45) is 0.981. The Hall–Kier alpha value is -1.76. The van der Waals surface area contributed by atoms with Gasteiger partial charge in [-0.25, -0.2) is 4.79 Å². The van der Waals surface area contributed by atoms with E-state index < -0.39 is 5.97 Å². The molecule has 2 aromatic rings. The van der Waals surface area contributed by atoms with Crippen LogP contribution in [0.2, 0.25) is 5.02 Å². The fourth-order valence-electron chi connectivity index (χ4n) is 2.24. The van der Waals surface area contributed by atoms with Gasteiger partial charge in [0.2, 0.25) is 0 Å². The Balaban J connectivity index is 1.74. The lowest BCUT2D eigenvalue weighted by atomic mass is 10.2. The van der Waals surface area contributed by atoms with E-state index in [-0.39, 0.29) is 0 Å². The monoisotopic (exact) mass is 422 g/mol. The summed E-state index contributed by atoms with van der Waals surface area (Å²) in [6.45, 7) is 4.91. The van der Waals surface area contributed by atoms with E-state index in [0.29, 0.717) is 28.0 Å². The molecule has 144 valence electrons. The molecule has 0 amide bonds. The minimum atomic E-state index is -0.446. The highest BCUT2D eigenvalue weighted by atomic mass is 35.5. The molecule has 0 spiro atoms. The predicted molar refractivity (Wildman–Crippen MR) is 118 cm³/mol. The molecule has 0 aliphatic heterocycles. The molecule has 0 atom stereocenters. The number of ether oxygens (including phenoxy) is 1. The maximum Gasteiger partial charge on any atom is 0.339 e. The first-order valence-electron chi connectivity index (χ1n) is 8.70. The van der Waals surface area contributed by atoms with Crippen LogP contribution in [0, 0.1) is 6.92 Å². The number of thioether (sulfide) groups is 1. The zero-order chi connectivity index (χ0) is 19.6. The maximum absolute atomic E-state index is 11.9. The Labute approximate surface area is 175 Å². The summed E-state index contributed by atoms with van der Waals surface area (Å²) in [4.78, 5) is 13.2. The van der Waals surface area contributed by atoms with Crippen molar-refractivity contribution >= 4 is 52.3 Å². The minimum Gasteiger partial charge on any atom is -0.462 e. The fourth-order valence-corrected chi connectivity index (χ4v) is 3.51. The van der Waals surface area contributed by atoms with Crippen LogP contribution in [0.15, 0.2) is 47.4 Å². The lowest BCUT2D eigenvalue weighted by molar-refractivity contribution is 0.0526. The third-order valence-corrected chi connectivity index (χ3v) is 5.29. The number of carbonyl (C=O) groups is 1. The molecule has 0 saturated carbocycles. The van der Waals surface area contributed by atoms with E-state index in [1.165, 1.54) is 10.5 Å². The van der Waals surface area contributed by atoms with Crippen LogP contribution in [0.3, 0.4) is 0 Å². The lowest BCUT2D eigenvalue weighted by Crippen LogP contribution is -2.29. The van der Waals surface area contributed by atoms with E-state index in [0.717, 1.165) is 18.7 Å². The summed E-state index contributed by atoms with van der Waals surface area (Å²) in [7, 11) is 0. The summed E-state index contributed by atoms with van der Waals surface area (Å²) in [5, 5.41) is 7.10. The van der Waals surface area contributed by atoms with Gasteiger partial charge in [-0.2, -0.15) is 0 Å². The quantitative estimate of drug-likeness (QED) is 0.261. The highest BCUT2D eigenvalue weighted by molar-refractivity contribution is 7.99. The first-order chi connectivity index (χ1) is 13.0. The number of thiocarbonyl (C=S) groups is 1. The molecule has 2 rings (SSSR count). The standard InChI is InChI=1S/C20H23ClN2O2S2/c1-3-25-19(24)17-13-15(7-10-18(17)21)23-20(26)22-11-4-12-27-16-8-5-14(2)6-9-16/h5-10,13H,3-4,11-12H2,1-2H3,(H2,22,23,26). The molecule has 0 saturated heterocycles. The number of benzene rings is 2. The second kappa shape index (κ2) is 11.2. The molecule has 0 fully saturated rings. The number of anilines is 1. The Kier molecular flexibility index (Phi) is 8.91. The van der Waals surface area contributed by atoms with Crippen LogP contribution in [0.1, 0.15) is 29.3 Å². The summed E-state index contributed by atoms with van der Waals surface area (Å²) >= 11 is 13.2. The van der Waals surface area contributed by atoms with Gasteiger partial charge >= 0.3 is 5.97 Å². The number of hydrogen-bond donors (Lipinski definition) is 2. The van der Waals surface area contributed by atoms with Gasteiger partial charge in [0.25, 0.3) is 0 Å². The van der Waals surface area contributed by atoms with E-state index in [2.05, 4.69) is 41.8 Å². The van der Waals surface area contributed by atoms with Crippen molar-refractivity contribution in [3.63, 3.8) is 0 Å². The number of halogens is 1. The number of esters is 1. The smallest absolute Gasteiger partial charge is 0.339 e. The number of aryl methyl sites for hydroxylation is 1. The van der Waals surface area contributed by atoms with E-state index in [9.17, 15) is 4.79 Å². The Morgan fingerprint density at radius 1 is 1.22 bits per heavy atom. The van der Waals surface area contributed by atoms with Crippen LogP contribution in [-0.4, -0.2) is 30.0 Å². The zero-order valence-corrected chi connectivity index (χ0v) is 17.8. The molecular formula is C20H23ClN2O2S2. The average Bonchev–Trinajstić information content (AvgIpc) is 2.64. The van der Waals surface area contributed by atoms with Crippen molar-refractivity contribution in [2.24, 2.45) is 0 Å². The van der Waals surface area contributed by atoms with Gasteiger partial charge in [-0.1, -0.05) is 29.3 Å². The highest BCUT2D eigenvalue weighted by Crippen LogP contribution is 2.22. The Morgan fingerprint density at radius 3 is 2.67 bits per heavy atom. The van der Waals surface area contributed by atoms with Gasteiger partial charge in [0.15, 0.2) is 5.11 Å². The largest absolute Gasteiger partial charge is 0.462 e. The third kappa shape index (κ3) is 7.40. The number of nitrogens with one attached hydrogen (secondary N) is 2. The predicted octanol–water partition coefficient (Wildman–Crippen LogP) is 5.29. The van der Waals surface area contributed by atoms with Crippen molar-refractivity contribution in [3.8, 4) is 0 Å². The highest BCUT2D eigenvalue weighted by Gasteiger charge is 2.12. The van der Waals surface area contributed by atoms with Gasteiger partial charge < -0.3 is 15.4 Å². The molecular weight excluding hydrogens is 400 g/mol. The fraction of sp³-hybridized carbons (Fsp3) is 0.300. The second-order valence-corrected chi connectivity index (χ2v) is 7.79. The van der Waals surface area contributed by atoms with Gasteiger partial charge in [0, 0.05) is 17.1 Å².